The van der Waals surface area contributed by atoms with Crippen LogP contribution < -0.4 is 0 Å². The van der Waals surface area contributed by atoms with Crippen molar-refractivity contribution in [3.63, 3.8) is 0 Å². The number of nitrogens with zero attached hydrogens (tertiary/aromatic N) is 2. The van der Waals surface area contributed by atoms with Gasteiger partial charge in [0.05, 0.1) is 26.9 Å². The van der Waals surface area contributed by atoms with Crippen molar-refractivity contribution in [3.8, 4) is 5.69 Å². The molecule has 0 fully saturated rings. The van der Waals surface area contributed by atoms with Gasteiger partial charge in [-0.05, 0) is 33.4 Å². The van der Waals surface area contributed by atoms with Crippen LogP contribution in [-0.2, 0) is 4.79 Å². The molecule has 1 aromatic carbocycles. The highest BCUT2D eigenvalue weighted by Crippen LogP contribution is 2.31. The first-order valence-electron chi connectivity index (χ1n) is 5.81. The minimum absolute atomic E-state index is 0.100. The largest absolute Gasteiger partial charge is 0.481 e. The van der Waals surface area contributed by atoms with Crippen molar-refractivity contribution >= 4 is 56.0 Å². The Bertz CT molecular complexity index is 817. The van der Waals surface area contributed by atoms with Crippen LogP contribution in [0.1, 0.15) is 0 Å². The van der Waals surface area contributed by atoms with Gasteiger partial charge in [-0.2, -0.15) is 11.3 Å². The molecule has 2 heterocycles. The lowest BCUT2D eigenvalue weighted by Gasteiger charge is -2.06. The Morgan fingerprint density at radius 3 is 3.00 bits per heavy atom. The number of carboxylic acid groups (broad SMARTS) is 1. The van der Waals surface area contributed by atoms with Gasteiger partial charge in [-0.1, -0.05) is 11.8 Å². The van der Waals surface area contributed by atoms with Gasteiger partial charge in [-0.15, -0.1) is 0 Å². The summed E-state index contributed by atoms with van der Waals surface area (Å²) in [6, 6.07) is 4.90. The molecular formula is C13H8BrFN2O2S2. The van der Waals surface area contributed by atoms with Crippen LogP contribution in [0.3, 0.4) is 0 Å². The van der Waals surface area contributed by atoms with Gasteiger partial charge >= 0.3 is 5.97 Å². The second kappa shape index (κ2) is 5.78. The number of thioether (sulfide) groups is 1. The molecule has 0 unspecified atom stereocenters. The van der Waals surface area contributed by atoms with E-state index in [0.717, 1.165) is 23.0 Å². The van der Waals surface area contributed by atoms with Crippen LogP contribution >= 0.6 is 39.0 Å². The Morgan fingerprint density at radius 2 is 2.33 bits per heavy atom. The van der Waals surface area contributed by atoms with E-state index in [1.807, 2.05) is 21.4 Å². The highest BCUT2D eigenvalue weighted by atomic mass is 79.9. The Kier molecular flexibility index (Phi) is 4.01. The number of aliphatic carboxylic acids is 1. The summed E-state index contributed by atoms with van der Waals surface area (Å²) in [4.78, 5) is 15.1. The van der Waals surface area contributed by atoms with Crippen LogP contribution in [0.4, 0.5) is 4.39 Å². The van der Waals surface area contributed by atoms with Crippen LogP contribution in [0, 0.1) is 5.82 Å². The quantitative estimate of drug-likeness (QED) is 0.683. The minimum atomic E-state index is -0.920. The maximum atomic E-state index is 13.7. The van der Waals surface area contributed by atoms with Crippen molar-refractivity contribution in [3.05, 3.63) is 39.2 Å². The molecule has 1 N–H and O–H groups in total. The number of halogens is 2. The van der Waals surface area contributed by atoms with E-state index < -0.39 is 11.8 Å². The smallest absolute Gasteiger partial charge is 0.313 e. The van der Waals surface area contributed by atoms with E-state index in [9.17, 15) is 9.18 Å². The van der Waals surface area contributed by atoms with E-state index in [1.54, 1.807) is 6.07 Å². The molecule has 0 atom stereocenters. The molecule has 0 aliphatic heterocycles. The molecule has 3 rings (SSSR count). The summed E-state index contributed by atoms with van der Waals surface area (Å²) in [5, 5.41) is 13.2. The van der Waals surface area contributed by atoms with Crippen molar-refractivity contribution in [1.82, 2.24) is 9.55 Å². The summed E-state index contributed by atoms with van der Waals surface area (Å²) in [7, 11) is 0. The molecular weight excluding hydrogens is 379 g/mol. The van der Waals surface area contributed by atoms with Crippen molar-refractivity contribution in [2.75, 3.05) is 5.75 Å². The van der Waals surface area contributed by atoms with E-state index >= 15 is 0 Å². The van der Waals surface area contributed by atoms with Crippen LogP contribution in [0.25, 0.3) is 16.7 Å². The van der Waals surface area contributed by atoms with Gasteiger partial charge in [0.25, 0.3) is 0 Å². The molecule has 2 aromatic heterocycles. The minimum Gasteiger partial charge on any atom is -0.481 e. The van der Waals surface area contributed by atoms with Gasteiger partial charge in [0.2, 0.25) is 0 Å². The SMILES string of the molecule is O=C(O)CSc1nc2cc(F)c(Br)cc2n1-c1ccsc1. The van der Waals surface area contributed by atoms with Crippen LogP contribution in [-0.4, -0.2) is 26.4 Å². The van der Waals surface area contributed by atoms with Crippen LogP contribution in [0.2, 0.25) is 0 Å². The molecule has 0 saturated carbocycles. The average Bonchev–Trinajstić information content (AvgIpc) is 3.04. The zero-order valence-electron chi connectivity index (χ0n) is 10.4. The number of aromatic nitrogens is 2. The lowest BCUT2D eigenvalue weighted by molar-refractivity contribution is -0.133. The van der Waals surface area contributed by atoms with Gasteiger partial charge in [-0.3, -0.25) is 9.36 Å². The second-order valence-corrected chi connectivity index (χ2v) is 6.73. The topological polar surface area (TPSA) is 55.1 Å². The number of benzene rings is 1. The fourth-order valence-corrected chi connectivity index (χ4v) is 3.61. The van der Waals surface area contributed by atoms with Crippen LogP contribution in [0.5, 0.6) is 0 Å². The van der Waals surface area contributed by atoms with E-state index in [-0.39, 0.29) is 5.75 Å². The third kappa shape index (κ3) is 2.83. The highest BCUT2D eigenvalue weighted by Gasteiger charge is 2.16. The van der Waals surface area contributed by atoms with Crippen LogP contribution in [0.15, 0.2) is 38.6 Å². The van der Waals surface area contributed by atoms with Gasteiger partial charge < -0.3 is 5.11 Å². The lowest BCUT2D eigenvalue weighted by Crippen LogP contribution is -2.01. The Balaban J connectivity index is 2.20. The normalized spacial score (nSPS) is 11.1. The molecule has 0 amide bonds. The molecule has 0 saturated heterocycles. The maximum Gasteiger partial charge on any atom is 0.313 e. The Hall–Kier alpha value is -1.38. The standard InChI is InChI=1S/C13H8BrFN2O2S2/c14-8-3-11-10(4-9(8)15)16-13(21-6-12(18)19)17(11)7-1-2-20-5-7/h1-5H,6H2,(H,18,19). The number of thiophene rings is 1. The molecule has 0 radical (unpaired) electrons. The predicted octanol–water partition coefficient (Wildman–Crippen LogP) is 4.17. The fraction of sp³-hybridized carbons (Fsp3) is 0.0769. The molecule has 0 bridgehead atoms. The van der Waals surface area contributed by atoms with Gasteiger partial charge in [0.1, 0.15) is 5.82 Å². The third-order valence-electron chi connectivity index (χ3n) is 2.75. The summed E-state index contributed by atoms with van der Waals surface area (Å²) in [5.41, 5.74) is 2.11. The molecule has 4 nitrogen and oxygen atoms in total. The van der Waals surface area contributed by atoms with E-state index in [2.05, 4.69) is 20.9 Å². The number of carbonyl (C=O) groups is 1. The fourth-order valence-electron chi connectivity index (χ4n) is 1.91. The van der Waals surface area contributed by atoms with Gasteiger partial charge in [0, 0.05) is 11.4 Å². The van der Waals surface area contributed by atoms with Gasteiger partial charge in [0.15, 0.2) is 5.16 Å². The summed E-state index contributed by atoms with van der Waals surface area (Å²) in [6.07, 6.45) is 0. The number of carboxylic acids is 1. The Morgan fingerprint density at radius 1 is 1.52 bits per heavy atom. The van der Waals surface area contributed by atoms with E-state index in [4.69, 9.17) is 5.11 Å². The second-order valence-electron chi connectivity index (χ2n) is 4.15. The molecule has 0 aliphatic rings. The number of imidazole rings is 1. The summed E-state index contributed by atoms with van der Waals surface area (Å²) in [5.74, 6) is -1.42. The average molecular weight is 387 g/mol. The predicted molar refractivity (Wildman–Crippen MR) is 85.0 cm³/mol. The number of fused-ring (bicyclic) bond motifs is 1. The van der Waals surface area contributed by atoms with Gasteiger partial charge in [-0.25, -0.2) is 9.37 Å². The molecule has 0 spiro atoms. The first-order valence-corrected chi connectivity index (χ1v) is 8.53. The molecule has 3 aromatic rings. The number of hydrogen-bond donors (Lipinski definition) is 1. The van der Waals surface area contributed by atoms with E-state index in [1.165, 1.54) is 17.4 Å². The zero-order chi connectivity index (χ0) is 15.0. The summed E-state index contributed by atoms with van der Waals surface area (Å²) in [6.45, 7) is 0. The lowest BCUT2D eigenvalue weighted by atomic mass is 10.3. The Labute approximate surface area is 135 Å². The molecule has 108 valence electrons. The van der Waals surface area contributed by atoms with E-state index in [0.29, 0.717) is 15.1 Å². The summed E-state index contributed by atoms with van der Waals surface area (Å²) >= 11 is 5.81. The number of hydrogen-bond acceptors (Lipinski definition) is 4. The monoisotopic (exact) mass is 386 g/mol. The van der Waals surface area contributed by atoms with Crippen molar-refractivity contribution in [1.29, 1.82) is 0 Å². The van der Waals surface area contributed by atoms with Crippen molar-refractivity contribution < 1.29 is 14.3 Å². The first-order chi connectivity index (χ1) is 10.1. The third-order valence-corrected chi connectivity index (χ3v) is 4.96. The first kappa shape index (κ1) is 14.6. The molecule has 8 heteroatoms. The molecule has 21 heavy (non-hydrogen) atoms. The van der Waals surface area contributed by atoms with Crippen molar-refractivity contribution in [2.45, 2.75) is 5.16 Å². The summed E-state index contributed by atoms with van der Waals surface area (Å²) < 4.78 is 15.8. The van der Waals surface area contributed by atoms with Crippen molar-refractivity contribution in [2.24, 2.45) is 0 Å². The number of rotatable bonds is 4. The highest BCUT2D eigenvalue weighted by molar-refractivity contribution is 9.10. The zero-order valence-corrected chi connectivity index (χ0v) is 13.6. The maximum absolute atomic E-state index is 13.7. The molecule has 0 aliphatic carbocycles.